The number of hydrogen-bond acceptors (Lipinski definition) is 4. The lowest BCUT2D eigenvalue weighted by Gasteiger charge is -2.18. The second-order valence-electron chi connectivity index (χ2n) is 9.39. The molecule has 0 radical (unpaired) electrons. The average molecular weight is 455 g/mol. The van der Waals surface area contributed by atoms with Crippen molar-refractivity contribution in [2.45, 2.75) is 162 Å². The Morgan fingerprint density at radius 3 is 1.44 bits per heavy atom. The van der Waals surface area contributed by atoms with Crippen LogP contribution in [0.2, 0.25) is 0 Å². The molecule has 0 aromatic heterocycles. The zero-order chi connectivity index (χ0) is 23.7. The first-order valence-electron chi connectivity index (χ1n) is 14.0. The van der Waals surface area contributed by atoms with Crippen LogP contribution >= 0.6 is 0 Å². The maximum atomic E-state index is 12.2. The van der Waals surface area contributed by atoms with Gasteiger partial charge in [0.15, 0.2) is 0 Å². The van der Waals surface area contributed by atoms with Gasteiger partial charge in [-0.05, 0) is 25.7 Å². The van der Waals surface area contributed by atoms with Gasteiger partial charge in [-0.1, -0.05) is 117 Å². The SMILES string of the molecule is CCCCCCCCCCCCC(COC(=O)CCCCCC)OC(=O)CCCCCC. The molecule has 0 amide bonds. The lowest BCUT2D eigenvalue weighted by Crippen LogP contribution is -2.25. The van der Waals surface area contributed by atoms with Gasteiger partial charge in [0.25, 0.3) is 0 Å². The van der Waals surface area contributed by atoms with E-state index in [0.717, 1.165) is 70.6 Å². The van der Waals surface area contributed by atoms with Crippen molar-refractivity contribution in [3.05, 3.63) is 0 Å². The molecule has 4 nitrogen and oxygen atoms in total. The third-order valence-electron chi connectivity index (χ3n) is 6.08. The highest BCUT2D eigenvalue weighted by Gasteiger charge is 2.17. The van der Waals surface area contributed by atoms with Gasteiger partial charge < -0.3 is 9.47 Å². The van der Waals surface area contributed by atoms with Crippen LogP contribution in [0.3, 0.4) is 0 Å². The number of ether oxygens (including phenoxy) is 2. The van der Waals surface area contributed by atoms with Gasteiger partial charge in [0.1, 0.15) is 12.7 Å². The molecule has 0 fully saturated rings. The zero-order valence-corrected chi connectivity index (χ0v) is 21.8. The minimum Gasteiger partial charge on any atom is -0.462 e. The molecule has 0 aromatic carbocycles. The summed E-state index contributed by atoms with van der Waals surface area (Å²) < 4.78 is 11.1. The van der Waals surface area contributed by atoms with E-state index in [-0.39, 0.29) is 24.6 Å². The quantitative estimate of drug-likeness (QED) is 0.108. The highest BCUT2D eigenvalue weighted by molar-refractivity contribution is 5.70. The summed E-state index contributed by atoms with van der Waals surface area (Å²) in [6.07, 6.45) is 22.8. The Bertz CT molecular complexity index is 422. The Morgan fingerprint density at radius 1 is 0.531 bits per heavy atom. The van der Waals surface area contributed by atoms with Crippen LogP contribution in [0.1, 0.15) is 156 Å². The van der Waals surface area contributed by atoms with Crippen LogP contribution in [0.5, 0.6) is 0 Å². The number of carbonyl (C=O) groups is 2. The van der Waals surface area contributed by atoms with E-state index in [9.17, 15) is 9.59 Å². The lowest BCUT2D eigenvalue weighted by atomic mass is 10.0. The van der Waals surface area contributed by atoms with Crippen LogP contribution < -0.4 is 0 Å². The number of rotatable bonds is 24. The number of esters is 2. The fourth-order valence-corrected chi connectivity index (χ4v) is 3.93. The molecule has 0 saturated heterocycles. The minimum atomic E-state index is -0.290. The Labute approximate surface area is 199 Å². The molecule has 0 heterocycles. The fraction of sp³-hybridized carbons (Fsp3) is 0.929. The maximum absolute atomic E-state index is 12.2. The predicted octanol–water partition coefficient (Wildman–Crippen LogP) is 8.69. The summed E-state index contributed by atoms with van der Waals surface area (Å²) in [7, 11) is 0. The largest absolute Gasteiger partial charge is 0.462 e. The van der Waals surface area contributed by atoms with Gasteiger partial charge in [0.05, 0.1) is 0 Å². The second-order valence-corrected chi connectivity index (χ2v) is 9.39. The van der Waals surface area contributed by atoms with Gasteiger partial charge in [-0.2, -0.15) is 0 Å². The van der Waals surface area contributed by atoms with Gasteiger partial charge in [0.2, 0.25) is 0 Å². The summed E-state index contributed by atoms with van der Waals surface area (Å²) in [6.45, 7) is 6.79. The fourth-order valence-electron chi connectivity index (χ4n) is 3.93. The smallest absolute Gasteiger partial charge is 0.306 e. The molecule has 0 aliphatic heterocycles. The van der Waals surface area contributed by atoms with Crippen molar-refractivity contribution in [1.82, 2.24) is 0 Å². The van der Waals surface area contributed by atoms with Crippen molar-refractivity contribution in [1.29, 1.82) is 0 Å². The summed E-state index contributed by atoms with van der Waals surface area (Å²) in [5.74, 6) is -0.301. The molecular formula is C28H54O4. The third-order valence-corrected chi connectivity index (χ3v) is 6.08. The normalized spacial score (nSPS) is 12.0. The first-order chi connectivity index (χ1) is 15.6. The molecule has 0 rings (SSSR count). The van der Waals surface area contributed by atoms with E-state index in [2.05, 4.69) is 20.8 Å². The van der Waals surface area contributed by atoms with Gasteiger partial charge in [-0.15, -0.1) is 0 Å². The number of hydrogen-bond donors (Lipinski definition) is 0. The highest BCUT2D eigenvalue weighted by atomic mass is 16.6. The highest BCUT2D eigenvalue weighted by Crippen LogP contribution is 2.15. The molecule has 0 aliphatic carbocycles. The van der Waals surface area contributed by atoms with E-state index in [4.69, 9.17) is 9.47 Å². The molecule has 0 aliphatic rings. The first-order valence-corrected chi connectivity index (χ1v) is 14.0. The van der Waals surface area contributed by atoms with Gasteiger partial charge in [-0.25, -0.2) is 0 Å². The Hall–Kier alpha value is -1.06. The molecule has 4 heteroatoms. The van der Waals surface area contributed by atoms with Gasteiger partial charge in [0, 0.05) is 12.8 Å². The summed E-state index contributed by atoms with van der Waals surface area (Å²) in [4.78, 5) is 24.2. The van der Waals surface area contributed by atoms with E-state index < -0.39 is 0 Å². The van der Waals surface area contributed by atoms with Gasteiger partial charge >= 0.3 is 11.9 Å². The van der Waals surface area contributed by atoms with Gasteiger partial charge in [-0.3, -0.25) is 9.59 Å². The summed E-state index contributed by atoms with van der Waals surface area (Å²) in [6, 6.07) is 0. The second kappa shape index (κ2) is 24.6. The molecule has 1 atom stereocenters. The Morgan fingerprint density at radius 2 is 0.938 bits per heavy atom. The topological polar surface area (TPSA) is 52.6 Å². The van der Waals surface area contributed by atoms with Crippen LogP contribution in [0, 0.1) is 0 Å². The molecule has 32 heavy (non-hydrogen) atoms. The van der Waals surface area contributed by atoms with Crippen LogP contribution in [0.4, 0.5) is 0 Å². The standard InChI is InChI=1S/C28H54O4/c1-4-7-10-13-14-15-16-17-18-19-22-26(32-28(30)24-21-12-9-6-3)25-31-27(29)23-20-11-8-5-2/h26H,4-25H2,1-3H3. The van der Waals surface area contributed by atoms with Crippen molar-refractivity contribution >= 4 is 11.9 Å². The van der Waals surface area contributed by atoms with Crippen molar-refractivity contribution in [2.24, 2.45) is 0 Å². The van der Waals surface area contributed by atoms with Crippen LogP contribution in [0.25, 0.3) is 0 Å². The van der Waals surface area contributed by atoms with E-state index in [1.165, 1.54) is 51.4 Å². The van der Waals surface area contributed by atoms with Crippen LogP contribution in [0.15, 0.2) is 0 Å². The molecule has 0 N–H and O–H groups in total. The summed E-state index contributed by atoms with van der Waals surface area (Å²) in [5.41, 5.74) is 0. The number of carbonyl (C=O) groups excluding carboxylic acids is 2. The molecule has 0 bridgehead atoms. The van der Waals surface area contributed by atoms with E-state index in [1.807, 2.05) is 0 Å². The minimum absolute atomic E-state index is 0.142. The van der Waals surface area contributed by atoms with E-state index >= 15 is 0 Å². The van der Waals surface area contributed by atoms with Crippen molar-refractivity contribution in [3.63, 3.8) is 0 Å². The van der Waals surface area contributed by atoms with E-state index in [0.29, 0.717) is 12.8 Å². The molecular weight excluding hydrogens is 400 g/mol. The number of unbranched alkanes of at least 4 members (excludes halogenated alkanes) is 15. The lowest BCUT2D eigenvalue weighted by molar-refractivity contribution is -0.159. The Kier molecular flexibility index (Phi) is 23.8. The maximum Gasteiger partial charge on any atom is 0.306 e. The van der Waals surface area contributed by atoms with Crippen LogP contribution in [-0.2, 0) is 19.1 Å². The van der Waals surface area contributed by atoms with E-state index in [1.54, 1.807) is 0 Å². The molecule has 190 valence electrons. The van der Waals surface area contributed by atoms with Crippen molar-refractivity contribution in [3.8, 4) is 0 Å². The van der Waals surface area contributed by atoms with Crippen LogP contribution in [-0.4, -0.2) is 24.6 Å². The Balaban J connectivity index is 4.12. The molecule has 0 aromatic rings. The zero-order valence-electron chi connectivity index (χ0n) is 21.8. The molecule has 1 unspecified atom stereocenters. The predicted molar refractivity (Wildman–Crippen MR) is 135 cm³/mol. The third kappa shape index (κ3) is 22.1. The first kappa shape index (κ1) is 30.9. The molecule has 0 saturated carbocycles. The van der Waals surface area contributed by atoms with Crippen molar-refractivity contribution in [2.75, 3.05) is 6.61 Å². The van der Waals surface area contributed by atoms with Crippen molar-refractivity contribution < 1.29 is 19.1 Å². The summed E-state index contributed by atoms with van der Waals surface area (Å²) in [5, 5.41) is 0. The molecule has 0 spiro atoms. The monoisotopic (exact) mass is 454 g/mol. The average Bonchev–Trinajstić information content (AvgIpc) is 2.79. The summed E-state index contributed by atoms with van der Waals surface area (Å²) >= 11 is 0.